The molecule has 0 fully saturated rings. The Balaban J connectivity index is 3.15. The molecular formula is C11H25NO2. The molecule has 0 bridgehead atoms. The SMILES string of the molecule is CCCC(CC)NCCOCCOC. The molecule has 0 radical (unpaired) electrons. The van der Waals surface area contributed by atoms with Crippen LogP contribution in [0.4, 0.5) is 0 Å². The van der Waals surface area contributed by atoms with E-state index in [1.807, 2.05) is 0 Å². The standard InChI is InChI=1S/C11H25NO2/c1-4-6-11(5-2)12-7-8-14-10-9-13-3/h11-12H,4-10H2,1-3H3. The van der Waals surface area contributed by atoms with Crippen molar-refractivity contribution in [2.45, 2.75) is 39.2 Å². The van der Waals surface area contributed by atoms with Gasteiger partial charge < -0.3 is 14.8 Å². The van der Waals surface area contributed by atoms with Crippen molar-refractivity contribution in [1.82, 2.24) is 5.32 Å². The molecule has 1 N–H and O–H groups in total. The minimum atomic E-state index is 0.658. The molecule has 0 heterocycles. The maximum atomic E-state index is 5.36. The molecule has 0 amide bonds. The van der Waals surface area contributed by atoms with Crippen molar-refractivity contribution < 1.29 is 9.47 Å². The van der Waals surface area contributed by atoms with Crippen LogP contribution in [0.15, 0.2) is 0 Å². The zero-order chi connectivity index (χ0) is 10.6. The molecule has 0 saturated carbocycles. The van der Waals surface area contributed by atoms with Crippen LogP contribution in [-0.4, -0.2) is 39.5 Å². The molecule has 0 aromatic rings. The highest BCUT2D eigenvalue weighted by molar-refractivity contribution is 4.63. The lowest BCUT2D eigenvalue weighted by Gasteiger charge is -2.15. The summed E-state index contributed by atoms with van der Waals surface area (Å²) in [5.41, 5.74) is 0. The predicted molar refractivity (Wildman–Crippen MR) is 59.7 cm³/mol. The van der Waals surface area contributed by atoms with Crippen molar-refractivity contribution in [3.63, 3.8) is 0 Å². The van der Waals surface area contributed by atoms with Crippen molar-refractivity contribution in [1.29, 1.82) is 0 Å². The Morgan fingerprint density at radius 2 is 1.93 bits per heavy atom. The van der Waals surface area contributed by atoms with Crippen LogP contribution in [0.5, 0.6) is 0 Å². The summed E-state index contributed by atoms with van der Waals surface area (Å²) in [5, 5.41) is 3.48. The Morgan fingerprint density at radius 1 is 1.14 bits per heavy atom. The monoisotopic (exact) mass is 203 g/mol. The van der Waals surface area contributed by atoms with Gasteiger partial charge in [0.25, 0.3) is 0 Å². The minimum absolute atomic E-state index is 0.658. The molecule has 3 nitrogen and oxygen atoms in total. The van der Waals surface area contributed by atoms with Gasteiger partial charge in [-0.05, 0) is 12.8 Å². The third-order valence-electron chi connectivity index (χ3n) is 2.24. The average Bonchev–Trinajstić information content (AvgIpc) is 2.21. The molecular weight excluding hydrogens is 178 g/mol. The molecule has 0 rings (SSSR count). The van der Waals surface area contributed by atoms with Crippen LogP contribution >= 0.6 is 0 Å². The Labute approximate surface area is 88.2 Å². The fraction of sp³-hybridized carbons (Fsp3) is 1.00. The highest BCUT2D eigenvalue weighted by Gasteiger charge is 2.02. The number of nitrogens with one attached hydrogen (secondary N) is 1. The maximum Gasteiger partial charge on any atom is 0.0700 e. The van der Waals surface area contributed by atoms with Crippen LogP contribution in [-0.2, 0) is 9.47 Å². The minimum Gasteiger partial charge on any atom is -0.382 e. The van der Waals surface area contributed by atoms with E-state index in [1.165, 1.54) is 19.3 Å². The van der Waals surface area contributed by atoms with Crippen LogP contribution in [0.25, 0.3) is 0 Å². The summed E-state index contributed by atoms with van der Waals surface area (Å²) in [4.78, 5) is 0. The lowest BCUT2D eigenvalue weighted by atomic mass is 10.1. The lowest BCUT2D eigenvalue weighted by Crippen LogP contribution is -2.31. The first kappa shape index (κ1) is 13.9. The molecule has 0 spiro atoms. The summed E-state index contributed by atoms with van der Waals surface area (Å²) in [7, 11) is 1.69. The van der Waals surface area contributed by atoms with Crippen molar-refractivity contribution in [2.75, 3.05) is 33.5 Å². The molecule has 1 atom stereocenters. The van der Waals surface area contributed by atoms with E-state index in [9.17, 15) is 0 Å². The number of methoxy groups -OCH3 is 1. The Bertz CT molecular complexity index is 109. The average molecular weight is 203 g/mol. The zero-order valence-electron chi connectivity index (χ0n) is 9.84. The molecule has 0 aromatic heterocycles. The second-order valence-corrected chi connectivity index (χ2v) is 3.45. The van der Waals surface area contributed by atoms with Crippen molar-refractivity contribution in [3.8, 4) is 0 Å². The summed E-state index contributed by atoms with van der Waals surface area (Å²) in [6.45, 7) is 7.55. The molecule has 0 aliphatic heterocycles. The Morgan fingerprint density at radius 3 is 2.50 bits per heavy atom. The fourth-order valence-electron chi connectivity index (χ4n) is 1.38. The number of hydrogen-bond acceptors (Lipinski definition) is 3. The summed E-state index contributed by atoms with van der Waals surface area (Å²) in [6, 6.07) is 0.658. The quantitative estimate of drug-likeness (QED) is 0.549. The summed E-state index contributed by atoms with van der Waals surface area (Å²) in [6.07, 6.45) is 3.70. The van der Waals surface area contributed by atoms with E-state index in [4.69, 9.17) is 9.47 Å². The van der Waals surface area contributed by atoms with Gasteiger partial charge in [-0.15, -0.1) is 0 Å². The van der Waals surface area contributed by atoms with Crippen LogP contribution in [0.2, 0.25) is 0 Å². The van der Waals surface area contributed by atoms with E-state index in [-0.39, 0.29) is 0 Å². The van der Waals surface area contributed by atoms with E-state index < -0.39 is 0 Å². The van der Waals surface area contributed by atoms with E-state index in [0.717, 1.165) is 13.2 Å². The lowest BCUT2D eigenvalue weighted by molar-refractivity contribution is 0.0709. The first-order valence-corrected chi connectivity index (χ1v) is 5.65. The van der Waals surface area contributed by atoms with E-state index in [0.29, 0.717) is 19.3 Å². The van der Waals surface area contributed by atoms with Gasteiger partial charge in [-0.25, -0.2) is 0 Å². The normalized spacial score (nSPS) is 13.1. The highest BCUT2D eigenvalue weighted by Crippen LogP contribution is 1.99. The summed E-state index contributed by atoms with van der Waals surface area (Å²) >= 11 is 0. The second kappa shape index (κ2) is 11.0. The molecule has 0 aliphatic rings. The number of hydrogen-bond donors (Lipinski definition) is 1. The van der Waals surface area contributed by atoms with Gasteiger partial charge in [0.1, 0.15) is 0 Å². The maximum absolute atomic E-state index is 5.36. The first-order chi connectivity index (χ1) is 6.85. The van der Waals surface area contributed by atoms with Gasteiger partial charge in [-0.2, -0.15) is 0 Å². The summed E-state index contributed by atoms with van der Waals surface area (Å²) in [5.74, 6) is 0. The van der Waals surface area contributed by atoms with Crippen LogP contribution < -0.4 is 5.32 Å². The molecule has 1 unspecified atom stereocenters. The van der Waals surface area contributed by atoms with Gasteiger partial charge in [0, 0.05) is 19.7 Å². The third kappa shape index (κ3) is 8.48. The summed E-state index contributed by atoms with van der Waals surface area (Å²) < 4.78 is 10.2. The van der Waals surface area contributed by atoms with E-state index in [1.54, 1.807) is 7.11 Å². The van der Waals surface area contributed by atoms with Crippen molar-refractivity contribution in [3.05, 3.63) is 0 Å². The molecule has 86 valence electrons. The number of rotatable bonds is 10. The van der Waals surface area contributed by atoms with E-state index >= 15 is 0 Å². The van der Waals surface area contributed by atoms with Crippen molar-refractivity contribution in [2.24, 2.45) is 0 Å². The van der Waals surface area contributed by atoms with Gasteiger partial charge in [0.15, 0.2) is 0 Å². The van der Waals surface area contributed by atoms with Crippen LogP contribution in [0.1, 0.15) is 33.1 Å². The molecule has 3 heteroatoms. The van der Waals surface area contributed by atoms with Gasteiger partial charge in [-0.3, -0.25) is 0 Å². The first-order valence-electron chi connectivity index (χ1n) is 5.65. The van der Waals surface area contributed by atoms with Crippen LogP contribution in [0, 0.1) is 0 Å². The number of ether oxygens (including phenoxy) is 2. The van der Waals surface area contributed by atoms with Crippen LogP contribution in [0.3, 0.4) is 0 Å². The van der Waals surface area contributed by atoms with Gasteiger partial charge >= 0.3 is 0 Å². The van der Waals surface area contributed by atoms with Crippen molar-refractivity contribution >= 4 is 0 Å². The molecule has 0 aliphatic carbocycles. The zero-order valence-corrected chi connectivity index (χ0v) is 9.84. The Hall–Kier alpha value is -0.120. The van der Waals surface area contributed by atoms with E-state index in [2.05, 4.69) is 19.2 Å². The predicted octanol–water partition coefficient (Wildman–Crippen LogP) is 1.82. The highest BCUT2D eigenvalue weighted by atomic mass is 16.5. The smallest absolute Gasteiger partial charge is 0.0700 e. The fourth-order valence-corrected chi connectivity index (χ4v) is 1.38. The molecule has 0 saturated heterocycles. The van der Waals surface area contributed by atoms with Gasteiger partial charge in [0.2, 0.25) is 0 Å². The largest absolute Gasteiger partial charge is 0.382 e. The second-order valence-electron chi connectivity index (χ2n) is 3.45. The molecule has 14 heavy (non-hydrogen) atoms. The van der Waals surface area contributed by atoms with Gasteiger partial charge in [0.05, 0.1) is 19.8 Å². The Kier molecular flexibility index (Phi) is 10.9. The van der Waals surface area contributed by atoms with Gasteiger partial charge in [-0.1, -0.05) is 20.3 Å². The third-order valence-corrected chi connectivity index (χ3v) is 2.24. The molecule has 0 aromatic carbocycles. The topological polar surface area (TPSA) is 30.5 Å².